The molecule has 1 unspecified atom stereocenters. The lowest BCUT2D eigenvalue weighted by atomic mass is 9.91. The number of nitrogens with zero attached hydrogens (tertiary/aromatic N) is 4. The number of rotatable bonds is 9. The zero-order chi connectivity index (χ0) is 30.2. The Morgan fingerprint density at radius 3 is 2.55 bits per heavy atom. The molecule has 1 amide bonds. The molecule has 222 valence electrons. The lowest BCUT2D eigenvalue weighted by Gasteiger charge is -2.26. The number of aromatic amines is 1. The number of benzene rings is 1. The quantitative estimate of drug-likeness (QED) is 0.202. The second-order valence-corrected chi connectivity index (χ2v) is 11.5. The average Bonchev–Trinajstić information content (AvgIpc) is 3.47. The van der Waals surface area contributed by atoms with Gasteiger partial charge in [0.1, 0.15) is 6.33 Å². The maximum atomic E-state index is 14.5. The Bertz CT molecular complexity index is 1580. The number of carbonyl (C=O) groups is 1. The highest BCUT2D eigenvalue weighted by Gasteiger charge is 2.40. The minimum Gasteiger partial charge on any atom is -0.391 e. The van der Waals surface area contributed by atoms with Crippen LogP contribution in [0, 0.1) is 5.92 Å². The fourth-order valence-electron chi connectivity index (χ4n) is 5.28. The fraction of sp³-hybridized carbons (Fsp3) is 0.400. The lowest BCUT2D eigenvalue weighted by Crippen LogP contribution is -2.39. The van der Waals surface area contributed by atoms with Crippen LogP contribution in [0.3, 0.4) is 0 Å². The van der Waals surface area contributed by atoms with E-state index in [4.69, 9.17) is 11.6 Å². The molecule has 3 aromatic heterocycles. The van der Waals surface area contributed by atoms with E-state index in [1.165, 1.54) is 19.4 Å². The van der Waals surface area contributed by atoms with Crippen molar-refractivity contribution in [2.75, 3.05) is 0 Å². The van der Waals surface area contributed by atoms with Gasteiger partial charge in [0.25, 0.3) is 5.91 Å². The third-order valence-electron chi connectivity index (χ3n) is 7.30. The highest BCUT2D eigenvalue weighted by molar-refractivity contribution is 6.36. The first-order valence-corrected chi connectivity index (χ1v) is 14.3. The average molecular weight is 601 g/mol. The third-order valence-corrected chi connectivity index (χ3v) is 7.70. The maximum absolute atomic E-state index is 14.5. The van der Waals surface area contributed by atoms with Crippen molar-refractivity contribution in [2.45, 2.75) is 71.3 Å². The SMILES string of the molecule is CC(C)Cc1[nH]c(-c2cnn(CC(C)O)c2C(F)(F)F)c(-c2ccncn2)c1-c1cccc(C(=O)NC2CCC2)c1Cl. The molecule has 3 heterocycles. The molecular formula is C30H32ClF3N6O2. The van der Waals surface area contributed by atoms with Crippen LogP contribution in [0.4, 0.5) is 13.2 Å². The first-order chi connectivity index (χ1) is 20.0. The first-order valence-electron chi connectivity index (χ1n) is 13.9. The van der Waals surface area contributed by atoms with E-state index in [0.29, 0.717) is 34.5 Å². The van der Waals surface area contributed by atoms with Crippen LogP contribution in [-0.2, 0) is 19.1 Å². The van der Waals surface area contributed by atoms with Crippen molar-refractivity contribution in [3.8, 4) is 33.6 Å². The molecule has 1 aliphatic carbocycles. The fourth-order valence-corrected chi connectivity index (χ4v) is 5.59. The van der Waals surface area contributed by atoms with Gasteiger partial charge in [0.15, 0.2) is 5.69 Å². The summed E-state index contributed by atoms with van der Waals surface area (Å²) in [6, 6.07) is 6.83. The van der Waals surface area contributed by atoms with Crippen molar-refractivity contribution in [1.29, 1.82) is 0 Å². The largest absolute Gasteiger partial charge is 0.433 e. The summed E-state index contributed by atoms with van der Waals surface area (Å²) in [5.41, 5.74) is 1.70. The second-order valence-electron chi connectivity index (χ2n) is 11.1. The molecule has 5 rings (SSSR count). The number of halogens is 4. The predicted molar refractivity (Wildman–Crippen MR) is 154 cm³/mol. The van der Waals surface area contributed by atoms with Crippen LogP contribution in [0.15, 0.2) is 43.0 Å². The number of alkyl halides is 3. The van der Waals surface area contributed by atoms with Gasteiger partial charge in [-0.3, -0.25) is 9.48 Å². The van der Waals surface area contributed by atoms with Crippen molar-refractivity contribution in [1.82, 2.24) is 30.0 Å². The van der Waals surface area contributed by atoms with E-state index >= 15 is 0 Å². The molecule has 1 saturated carbocycles. The molecular weight excluding hydrogens is 569 g/mol. The minimum absolute atomic E-state index is 0.100. The van der Waals surface area contributed by atoms with Gasteiger partial charge in [-0.1, -0.05) is 37.6 Å². The van der Waals surface area contributed by atoms with Gasteiger partial charge in [0.05, 0.1) is 40.8 Å². The van der Waals surface area contributed by atoms with Gasteiger partial charge >= 0.3 is 6.18 Å². The Balaban J connectivity index is 1.79. The lowest BCUT2D eigenvalue weighted by molar-refractivity contribution is -0.144. The highest BCUT2D eigenvalue weighted by Crippen LogP contribution is 2.47. The standard InChI is InChI=1S/C30H32ClF3N6O2/c1-16(2)12-23-24(19-8-5-9-20(26(19)31)29(42)38-18-6-4-7-18)25(22-10-11-35-15-36-22)27(39-23)21-13-37-40(14-17(3)41)28(21)30(32,33)34/h5,8-11,13,15-18,39,41H,4,6-7,12,14H2,1-3H3,(H,38,42). The molecule has 0 saturated heterocycles. The Kier molecular flexibility index (Phi) is 8.43. The summed E-state index contributed by atoms with van der Waals surface area (Å²) in [6.07, 6.45) is 1.50. The van der Waals surface area contributed by atoms with Crippen LogP contribution in [0.2, 0.25) is 5.02 Å². The molecule has 12 heteroatoms. The predicted octanol–water partition coefficient (Wildman–Crippen LogP) is 6.54. The Morgan fingerprint density at radius 2 is 1.95 bits per heavy atom. The van der Waals surface area contributed by atoms with Crippen molar-refractivity contribution in [3.05, 3.63) is 65.0 Å². The Morgan fingerprint density at radius 1 is 1.19 bits per heavy atom. The van der Waals surface area contributed by atoms with Crippen molar-refractivity contribution >= 4 is 17.5 Å². The summed E-state index contributed by atoms with van der Waals surface area (Å²) >= 11 is 6.94. The van der Waals surface area contributed by atoms with Crippen LogP contribution in [-0.4, -0.2) is 47.9 Å². The number of hydrogen-bond donors (Lipinski definition) is 3. The van der Waals surface area contributed by atoms with Gasteiger partial charge in [-0.05, 0) is 50.7 Å². The molecule has 0 aliphatic heterocycles. The van der Waals surface area contributed by atoms with Gasteiger partial charge in [-0.15, -0.1) is 0 Å². The second kappa shape index (κ2) is 11.9. The van der Waals surface area contributed by atoms with Crippen molar-refractivity contribution in [2.24, 2.45) is 5.92 Å². The molecule has 0 spiro atoms. The molecule has 1 aromatic carbocycles. The number of hydrogen-bond acceptors (Lipinski definition) is 5. The van der Waals surface area contributed by atoms with E-state index in [0.717, 1.165) is 30.1 Å². The van der Waals surface area contributed by atoms with Crippen molar-refractivity contribution in [3.63, 3.8) is 0 Å². The summed E-state index contributed by atoms with van der Waals surface area (Å²) in [5.74, 6) is -0.174. The van der Waals surface area contributed by atoms with Crippen LogP contribution < -0.4 is 5.32 Å². The van der Waals surface area contributed by atoms with E-state index in [1.807, 2.05) is 13.8 Å². The number of nitrogens with one attached hydrogen (secondary N) is 2. The zero-order valence-electron chi connectivity index (χ0n) is 23.5. The summed E-state index contributed by atoms with van der Waals surface area (Å²) in [5, 5.41) is 17.1. The molecule has 3 N–H and O–H groups in total. The van der Waals surface area contributed by atoms with E-state index < -0.39 is 18.0 Å². The molecule has 42 heavy (non-hydrogen) atoms. The van der Waals surface area contributed by atoms with Gasteiger partial charge in [0, 0.05) is 40.2 Å². The zero-order valence-corrected chi connectivity index (χ0v) is 24.2. The summed E-state index contributed by atoms with van der Waals surface area (Å²) in [6.45, 7) is 5.06. The van der Waals surface area contributed by atoms with E-state index in [2.05, 4.69) is 25.4 Å². The number of amides is 1. The Labute approximate surface area is 246 Å². The van der Waals surface area contributed by atoms with Crippen LogP contribution in [0.5, 0.6) is 0 Å². The molecule has 1 fully saturated rings. The smallest absolute Gasteiger partial charge is 0.391 e. The number of H-pyrrole nitrogens is 1. The van der Waals surface area contributed by atoms with Gasteiger partial charge in [0.2, 0.25) is 0 Å². The number of aromatic nitrogens is 5. The van der Waals surface area contributed by atoms with Gasteiger partial charge < -0.3 is 15.4 Å². The summed E-state index contributed by atoms with van der Waals surface area (Å²) < 4.78 is 44.4. The minimum atomic E-state index is -4.77. The number of aliphatic hydroxyl groups excluding tert-OH is 1. The first kappa shape index (κ1) is 29.8. The van der Waals surface area contributed by atoms with Crippen LogP contribution in [0.1, 0.15) is 61.8 Å². The van der Waals surface area contributed by atoms with E-state index in [-0.39, 0.29) is 46.3 Å². The third kappa shape index (κ3) is 5.94. The van der Waals surface area contributed by atoms with E-state index in [9.17, 15) is 23.1 Å². The summed E-state index contributed by atoms with van der Waals surface area (Å²) in [7, 11) is 0. The number of aliphatic hydroxyl groups is 1. The van der Waals surface area contributed by atoms with E-state index in [1.54, 1.807) is 24.3 Å². The molecule has 0 bridgehead atoms. The monoisotopic (exact) mass is 600 g/mol. The molecule has 1 atom stereocenters. The van der Waals surface area contributed by atoms with Crippen LogP contribution in [0.25, 0.3) is 33.6 Å². The molecule has 8 nitrogen and oxygen atoms in total. The summed E-state index contributed by atoms with van der Waals surface area (Å²) in [4.78, 5) is 24.8. The van der Waals surface area contributed by atoms with Crippen LogP contribution >= 0.6 is 11.6 Å². The van der Waals surface area contributed by atoms with Gasteiger partial charge in [-0.2, -0.15) is 18.3 Å². The molecule has 4 aromatic rings. The normalized spacial score (nSPS) is 14.7. The van der Waals surface area contributed by atoms with Gasteiger partial charge in [-0.25, -0.2) is 9.97 Å². The maximum Gasteiger partial charge on any atom is 0.433 e. The Hall–Kier alpha value is -3.70. The highest BCUT2D eigenvalue weighted by atomic mass is 35.5. The number of carbonyl (C=O) groups excluding carboxylic acids is 1. The topological polar surface area (TPSA) is 109 Å². The van der Waals surface area contributed by atoms with Crippen molar-refractivity contribution < 1.29 is 23.1 Å². The molecule has 0 radical (unpaired) electrons. The molecule has 1 aliphatic rings.